The van der Waals surface area contributed by atoms with Gasteiger partial charge in [0, 0.05) is 6.20 Å². The minimum absolute atomic E-state index is 0.155. The second-order valence-corrected chi connectivity index (χ2v) is 2.81. The molecular weight excluding hydrogens is 168 g/mol. The molecule has 4 heteroatoms. The first-order chi connectivity index (χ1) is 6.38. The predicted molar refractivity (Wildman–Crippen MR) is 45.8 cm³/mol. The van der Waals surface area contributed by atoms with Crippen LogP contribution in [0.2, 0.25) is 0 Å². The third-order valence-corrected chi connectivity index (χ3v) is 1.86. The van der Waals surface area contributed by atoms with Crippen LogP contribution in [0.3, 0.4) is 0 Å². The van der Waals surface area contributed by atoms with E-state index < -0.39 is 0 Å². The zero-order valence-corrected chi connectivity index (χ0v) is 7.14. The summed E-state index contributed by atoms with van der Waals surface area (Å²) in [7, 11) is 0. The van der Waals surface area contributed by atoms with E-state index in [0.29, 0.717) is 18.8 Å². The van der Waals surface area contributed by atoms with E-state index in [1.54, 1.807) is 24.4 Å². The summed E-state index contributed by atoms with van der Waals surface area (Å²) in [5, 5.41) is 1.36. The van der Waals surface area contributed by atoms with Crippen molar-refractivity contribution >= 4 is 5.91 Å². The highest BCUT2D eigenvalue weighted by molar-refractivity contribution is 5.91. The molecule has 0 aliphatic carbocycles. The summed E-state index contributed by atoms with van der Waals surface area (Å²) >= 11 is 0. The second kappa shape index (κ2) is 3.53. The molecule has 0 radical (unpaired) electrons. The predicted octanol–water partition coefficient (Wildman–Crippen LogP) is 0.859. The first-order valence-electron chi connectivity index (χ1n) is 4.24. The number of rotatable bonds is 1. The lowest BCUT2D eigenvalue weighted by molar-refractivity contribution is -0.0771. The van der Waals surface area contributed by atoms with Gasteiger partial charge in [-0.25, -0.2) is 5.06 Å². The molecule has 2 rings (SSSR count). The molecule has 1 fully saturated rings. The van der Waals surface area contributed by atoms with Crippen LogP contribution in [0.15, 0.2) is 24.4 Å². The first-order valence-corrected chi connectivity index (χ1v) is 4.24. The minimum Gasteiger partial charge on any atom is -0.271 e. The molecule has 1 aromatic rings. The van der Waals surface area contributed by atoms with E-state index in [2.05, 4.69) is 4.98 Å². The summed E-state index contributed by atoms with van der Waals surface area (Å²) in [4.78, 5) is 20.7. The van der Waals surface area contributed by atoms with Gasteiger partial charge in [-0.15, -0.1) is 0 Å². The van der Waals surface area contributed by atoms with Crippen molar-refractivity contribution in [1.82, 2.24) is 10.0 Å². The number of aromatic nitrogens is 1. The standard InChI is InChI=1S/C9H10N2O2/c12-9(11-6-3-7-13-11)8-4-1-2-5-10-8/h1-2,4-5H,3,6-7H2. The summed E-state index contributed by atoms with van der Waals surface area (Å²) in [6.45, 7) is 1.29. The van der Waals surface area contributed by atoms with Crippen LogP contribution in [-0.4, -0.2) is 29.1 Å². The van der Waals surface area contributed by atoms with Crippen molar-refractivity contribution < 1.29 is 9.63 Å². The van der Waals surface area contributed by atoms with Crippen LogP contribution in [0.5, 0.6) is 0 Å². The SMILES string of the molecule is O=C(c1ccccn1)N1CCCO1. The highest BCUT2D eigenvalue weighted by atomic mass is 16.7. The van der Waals surface area contributed by atoms with Gasteiger partial charge >= 0.3 is 0 Å². The van der Waals surface area contributed by atoms with Crippen molar-refractivity contribution in [3.05, 3.63) is 30.1 Å². The number of nitrogens with zero attached hydrogens (tertiary/aromatic N) is 2. The van der Waals surface area contributed by atoms with Crippen LogP contribution in [0.4, 0.5) is 0 Å². The Morgan fingerprint density at radius 1 is 1.54 bits per heavy atom. The lowest BCUT2D eigenvalue weighted by atomic mass is 10.3. The fourth-order valence-electron chi connectivity index (χ4n) is 1.22. The van der Waals surface area contributed by atoms with Gasteiger partial charge in [-0.3, -0.25) is 14.6 Å². The minimum atomic E-state index is -0.155. The Labute approximate surface area is 76.1 Å². The average molecular weight is 178 g/mol. The third-order valence-electron chi connectivity index (χ3n) is 1.86. The zero-order chi connectivity index (χ0) is 9.10. The number of hydroxylamine groups is 2. The average Bonchev–Trinajstić information content (AvgIpc) is 2.71. The van der Waals surface area contributed by atoms with Crippen LogP contribution in [0.1, 0.15) is 16.9 Å². The fraction of sp³-hybridized carbons (Fsp3) is 0.333. The molecule has 0 saturated carbocycles. The topological polar surface area (TPSA) is 42.4 Å². The highest BCUT2D eigenvalue weighted by Gasteiger charge is 2.21. The Hall–Kier alpha value is -1.42. The second-order valence-electron chi connectivity index (χ2n) is 2.81. The van der Waals surface area contributed by atoms with E-state index in [9.17, 15) is 4.79 Å². The molecule has 1 aliphatic heterocycles. The van der Waals surface area contributed by atoms with Crippen molar-refractivity contribution in [3.63, 3.8) is 0 Å². The quantitative estimate of drug-likeness (QED) is 0.640. The van der Waals surface area contributed by atoms with Gasteiger partial charge in [0.05, 0.1) is 13.2 Å². The van der Waals surface area contributed by atoms with Gasteiger partial charge in [0.25, 0.3) is 5.91 Å². The molecule has 1 saturated heterocycles. The van der Waals surface area contributed by atoms with Gasteiger partial charge in [-0.2, -0.15) is 0 Å². The van der Waals surface area contributed by atoms with Gasteiger partial charge in [0.15, 0.2) is 0 Å². The highest BCUT2D eigenvalue weighted by Crippen LogP contribution is 2.08. The Bertz CT molecular complexity index is 294. The molecule has 0 aromatic carbocycles. The maximum atomic E-state index is 11.6. The molecule has 13 heavy (non-hydrogen) atoms. The number of carbonyl (C=O) groups is 1. The van der Waals surface area contributed by atoms with Crippen LogP contribution >= 0.6 is 0 Å². The Morgan fingerprint density at radius 3 is 3.08 bits per heavy atom. The smallest absolute Gasteiger partial charge is 0.271 e. The summed E-state index contributed by atoms with van der Waals surface area (Å²) in [5.74, 6) is -0.155. The van der Waals surface area contributed by atoms with Gasteiger partial charge in [0.2, 0.25) is 0 Å². The van der Waals surface area contributed by atoms with E-state index in [-0.39, 0.29) is 5.91 Å². The normalized spacial score (nSPS) is 16.2. The number of carbonyl (C=O) groups excluding carboxylic acids is 1. The van der Waals surface area contributed by atoms with Crippen LogP contribution in [0.25, 0.3) is 0 Å². The molecule has 0 spiro atoms. The molecule has 1 aliphatic rings. The van der Waals surface area contributed by atoms with Gasteiger partial charge in [-0.05, 0) is 18.6 Å². The molecule has 68 valence electrons. The monoisotopic (exact) mass is 178 g/mol. The third kappa shape index (κ3) is 1.67. The maximum Gasteiger partial charge on any atom is 0.295 e. The first kappa shape index (κ1) is 8.19. The van der Waals surface area contributed by atoms with E-state index in [0.717, 1.165) is 6.42 Å². The summed E-state index contributed by atoms with van der Waals surface area (Å²) < 4.78 is 0. The number of pyridine rings is 1. The number of amides is 1. The van der Waals surface area contributed by atoms with Crippen molar-refractivity contribution in [1.29, 1.82) is 0 Å². The largest absolute Gasteiger partial charge is 0.295 e. The zero-order valence-electron chi connectivity index (χ0n) is 7.14. The van der Waals surface area contributed by atoms with Crippen LogP contribution in [-0.2, 0) is 4.84 Å². The van der Waals surface area contributed by atoms with E-state index in [1.807, 2.05) is 0 Å². The maximum absolute atomic E-state index is 11.6. The van der Waals surface area contributed by atoms with E-state index >= 15 is 0 Å². The molecule has 0 atom stereocenters. The molecule has 0 N–H and O–H groups in total. The van der Waals surface area contributed by atoms with Crippen LogP contribution in [0, 0.1) is 0 Å². The van der Waals surface area contributed by atoms with Crippen molar-refractivity contribution in [3.8, 4) is 0 Å². The lowest BCUT2D eigenvalue weighted by Crippen LogP contribution is -2.27. The van der Waals surface area contributed by atoms with Gasteiger partial charge < -0.3 is 0 Å². The molecular formula is C9H10N2O2. The molecule has 1 aromatic heterocycles. The summed E-state index contributed by atoms with van der Waals surface area (Å²) in [6, 6.07) is 5.25. The molecule has 0 bridgehead atoms. The van der Waals surface area contributed by atoms with E-state index in [1.165, 1.54) is 5.06 Å². The Morgan fingerprint density at radius 2 is 2.46 bits per heavy atom. The Kier molecular flexibility index (Phi) is 2.23. The molecule has 0 unspecified atom stereocenters. The number of hydrogen-bond acceptors (Lipinski definition) is 3. The van der Waals surface area contributed by atoms with Crippen molar-refractivity contribution in [2.75, 3.05) is 13.2 Å². The van der Waals surface area contributed by atoms with Crippen LogP contribution < -0.4 is 0 Å². The summed E-state index contributed by atoms with van der Waals surface area (Å²) in [5.41, 5.74) is 0.435. The fourth-order valence-corrected chi connectivity index (χ4v) is 1.22. The van der Waals surface area contributed by atoms with Gasteiger partial charge in [0.1, 0.15) is 5.69 Å². The molecule has 4 nitrogen and oxygen atoms in total. The molecule has 2 heterocycles. The Balaban J connectivity index is 2.13. The summed E-state index contributed by atoms with van der Waals surface area (Å²) in [6.07, 6.45) is 2.50. The number of hydrogen-bond donors (Lipinski definition) is 0. The van der Waals surface area contributed by atoms with Crippen molar-refractivity contribution in [2.24, 2.45) is 0 Å². The van der Waals surface area contributed by atoms with Gasteiger partial charge in [-0.1, -0.05) is 6.07 Å². The van der Waals surface area contributed by atoms with E-state index in [4.69, 9.17) is 4.84 Å². The lowest BCUT2D eigenvalue weighted by Gasteiger charge is -2.12. The molecule has 1 amide bonds. The van der Waals surface area contributed by atoms with Crippen molar-refractivity contribution in [2.45, 2.75) is 6.42 Å².